The van der Waals surface area contributed by atoms with Crippen LogP contribution in [0.3, 0.4) is 0 Å². The first-order valence-corrected chi connectivity index (χ1v) is 3.80. The molecule has 0 spiro atoms. The highest BCUT2D eigenvalue weighted by atomic mass is 35.5. The van der Waals surface area contributed by atoms with Crippen LogP contribution in [0.4, 0.5) is 0 Å². The molecule has 6 heteroatoms. The van der Waals surface area contributed by atoms with Crippen LogP contribution < -0.4 is 5.32 Å². The van der Waals surface area contributed by atoms with Gasteiger partial charge in [0.15, 0.2) is 0 Å². The summed E-state index contributed by atoms with van der Waals surface area (Å²) in [6.45, 7) is 0.466. The Bertz CT molecular complexity index is 189. The molecule has 1 rings (SSSR count). The molecule has 1 fully saturated rings. The Morgan fingerprint density at radius 1 is 1.23 bits per heavy atom. The van der Waals surface area contributed by atoms with E-state index >= 15 is 0 Å². The van der Waals surface area contributed by atoms with Crippen molar-refractivity contribution in [3.8, 4) is 0 Å². The molecule has 13 heavy (non-hydrogen) atoms. The Balaban J connectivity index is 0.00000144. The van der Waals surface area contributed by atoms with Crippen LogP contribution in [0.25, 0.3) is 0 Å². The van der Waals surface area contributed by atoms with Crippen LogP contribution in [0.1, 0.15) is 12.8 Å². The quantitative estimate of drug-likeness (QED) is 0.594. The van der Waals surface area contributed by atoms with Crippen LogP contribution in [0.5, 0.6) is 0 Å². The molecule has 1 heterocycles. The molecule has 0 unspecified atom stereocenters. The molecule has 0 aromatic rings. The second kappa shape index (κ2) is 5.04. The van der Waals surface area contributed by atoms with E-state index in [2.05, 4.69) is 5.32 Å². The number of nitrogens with one attached hydrogen (secondary N) is 1. The largest absolute Gasteiger partial charge is 0.481 e. The van der Waals surface area contributed by atoms with E-state index in [0.717, 1.165) is 0 Å². The third-order valence-corrected chi connectivity index (χ3v) is 2.05. The number of carboxylic acid groups (broad SMARTS) is 2. The van der Waals surface area contributed by atoms with E-state index in [0.29, 0.717) is 13.0 Å². The average Bonchev–Trinajstić information content (AvgIpc) is 2.04. The number of aliphatic carboxylic acids is 2. The molecule has 0 radical (unpaired) electrons. The SMILES string of the molecule is Cl.O=C(O)[C@H]1CCN[C@H](C(=O)O)C1. The normalized spacial score (nSPS) is 27.4. The Hall–Kier alpha value is -0.810. The van der Waals surface area contributed by atoms with Gasteiger partial charge in [-0.05, 0) is 19.4 Å². The molecule has 1 aliphatic rings. The van der Waals surface area contributed by atoms with Crippen molar-refractivity contribution < 1.29 is 19.8 Å². The topological polar surface area (TPSA) is 86.6 Å². The molecule has 76 valence electrons. The molecule has 0 amide bonds. The lowest BCUT2D eigenvalue weighted by atomic mass is 9.93. The number of carboxylic acids is 2. The maximum absolute atomic E-state index is 10.5. The first-order valence-electron chi connectivity index (χ1n) is 3.80. The number of piperidine rings is 1. The highest BCUT2D eigenvalue weighted by molar-refractivity contribution is 5.85. The van der Waals surface area contributed by atoms with Gasteiger partial charge in [-0.1, -0.05) is 0 Å². The number of halogens is 1. The van der Waals surface area contributed by atoms with Gasteiger partial charge in [-0.15, -0.1) is 12.4 Å². The molecule has 1 saturated heterocycles. The van der Waals surface area contributed by atoms with E-state index in [1.54, 1.807) is 0 Å². The summed E-state index contributed by atoms with van der Waals surface area (Å²) in [6, 6.07) is -0.695. The van der Waals surface area contributed by atoms with Crippen molar-refractivity contribution in [2.24, 2.45) is 5.92 Å². The lowest BCUT2D eigenvalue weighted by molar-refractivity contribution is -0.145. The number of hydrogen-bond acceptors (Lipinski definition) is 3. The van der Waals surface area contributed by atoms with Gasteiger partial charge in [0, 0.05) is 0 Å². The van der Waals surface area contributed by atoms with E-state index in [9.17, 15) is 9.59 Å². The van der Waals surface area contributed by atoms with Gasteiger partial charge in [0.25, 0.3) is 0 Å². The van der Waals surface area contributed by atoms with E-state index in [-0.39, 0.29) is 18.8 Å². The Labute approximate surface area is 81.5 Å². The van der Waals surface area contributed by atoms with Gasteiger partial charge in [0.05, 0.1) is 5.92 Å². The van der Waals surface area contributed by atoms with Gasteiger partial charge in [0.2, 0.25) is 0 Å². The number of carbonyl (C=O) groups is 2. The molecule has 0 bridgehead atoms. The summed E-state index contributed by atoms with van der Waals surface area (Å²) in [5, 5.41) is 19.9. The van der Waals surface area contributed by atoms with Crippen molar-refractivity contribution >= 4 is 24.3 Å². The summed E-state index contributed by atoms with van der Waals surface area (Å²) in [6.07, 6.45) is 0.698. The summed E-state index contributed by atoms with van der Waals surface area (Å²) in [4.78, 5) is 21.0. The molecule has 0 aliphatic carbocycles. The highest BCUT2D eigenvalue weighted by Crippen LogP contribution is 2.16. The summed E-state index contributed by atoms with van der Waals surface area (Å²) >= 11 is 0. The molecule has 0 aromatic heterocycles. The molecule has 0 saturated carbocycles. The zero-order valence-electron chi connectivity index (χ0n) is 6.90. The van der Waals surface area contributed by atoms with Gasteiger partial charge in [-0.3, -0.25) is 9.59 Å². The van der Waals surface area contributed by atoms with E-state index in [1.807, 2.05) is 0 Å². The van der Waals surface area contributed by atoms with Crippen molar-refractivity contribution in [2.75, 3.05) is 6.54 Å². The van der Waals surface area contributed by atoms with Gasteiger partial charge in [-0.2, -0.15) is 0 Å². The van der Waals surface area contributed by atoms with Crippen molar-refractivity contribution in [2.45, 2.75) is 18.9 Å². The highest BCUT2D eigenvalue weighted by Gasteiger charge is 2.30. The van der Waals surface area contributed by atoms with Crippen LogP contribution in [-0.2, 0) is 9.59 Å². The number of rotatable bonds is 2. The fourth-order valence-corrected chi connectivity index (χ4v) is 1.33. The Morgan fingerprint density at radius 3 is 2.31 bits per heavy atom. The van der Waals surface area contributed by atoms with Crippen molar-refractivity contribution in [3.05, 3.63) is 0 Å². The second-order valence-electron chi connectivity index (χ2n) is 2.90. The molecular weight excluding hydrogens is 198 g/mol. The molecule has 5 nitrogen and oxygen atoms in total. The lowest BCUT2D eigenvalue weighted by Gasteiger charge is -2.24. The van der Waals surface area contributed by atoms with Crippen LogP contribution in [0, 0.1) is 5.92 Å². The van der Waals surface area contributed by atoms with E-state index in [4.69, 9.17) is 10.2 Å². The third kappa shape index (κ3) is 3.20. The predicted molar refractivity (Wildman–Crippen MR) is 47.0 cm³/mol. The van der Waals surface area contributed by atoms with Crippen molar-refractivity contribution in [3.63, 3.8) is 0 Å². The summed E-state index contributed by atoms with van der Waals surface area (Å²) in [5.41, 5.74) is 0. The van der Waals surface area contributed by atoms with Gasteiger partial charge in [-0.25, -0.2) is 0 Å². The van der Waals surface area contributed by atoms with Gasteiger partial charge in [0.1, 0.15) is 6.04 Å². The Kier molecular flexibility index (Phi) is 4.72. The molecule has 3 N–H and O–H groups in total. The van der Waals surface area contributed by atoms with Crippen molar-refractivity contribution in [1.82, 2.24) is 5.32 Å². The lowest BCUT2D eigenvalue weighted by Crippen LogP contribution is -2.45. The van der Waals surface area contributed by atoms with Crippen LogP contribution in [0.15, 0.2) is 0 Å². The second-order valence-corrected chi connectivity index (χ2v) is 2.90. The Morgan fingerprint density at radius 2 is 1.85 bits per heavy atom. The first-order chi connectivity index (χ1) is 5.61. The van der Waals surface area contributed by atoms with Crippen LogP contribution in [0.2, 0.25) is 0 Å². The smallest absolute Gasteiger partial charge is 0.320 e. The van der Waals surface area contributed by atoms with Crippen molar-refractivity contribution in [1.29, 1.82) is 0 Å². The average molecular weight is 210 g/mol. The van der Waals surface area contributed by atoms with Crippen LogP contribution in [-0.4, -0.2) is 34.7 Å². The van der Waals surface area contributed by atoms with E-state index < -0.39 is 23.9 Å². The maximum atomic E-state index is 10.5. The summed E-state index contributed by atoms with van der Waals surface area (Å²) in [7, 11) is 0. The van der Waals surface area contributed by atoms with Crippen LogP contribution >= 0.6 is 12.4 Å². The minimum Gasteiger partial charge on any atom is -0.481 e. The monoisotopic (exact) mass is 209 g/mol. The molecular formula is C7H12ClNO4. The molecule has 1 aliphatic heterocycles. The minimum atomic E-state index is -0.971. The maximum Gasteiger partial charge on any atom is 0.320 e. The van der Waals surface area contributed by atoms with Gasteiger partial charge >= 0.3 is 11.9 Å². The minimum absolute atomic E-state index is 0. The van der Waals surface area contributed by atoms with Gasteiger partial charge < -0.3 is 15.5 Å². The standard InChI is InChI=1S/C7H11NO4.ClH/c9-6(10)4-1-2-8-5(3-4)7(11)12;/h4-5,8H,1-3H2,(H,9,10)(H,11,12);1H/t4-,5-;/m0./s1. The van der Waals surface area contributed by atoms with E-state index in [1.165, 1.54) is 0 Å². The number of hydrogen-bond donors (Lipinski definition) is 3. The zero-order chi connectivity index (χ0) is 9.14. The summed E-state index contributed by atoms with van der Waals surface area (Å²) < 4.78 is 0. The molecule has 0 aromatic carbocycles. The summed E-state index contributed by atoms with van der Waals surface area (Å²) in [5.74, 6) is -2.38. The third-order valence-electron chi connectivity index (χ3n) is 2.05. The molecule has 2 atom stereocenters. The fourth-order valence-electron chi connectivity index (χ4n) is 1.33. The predicted octanol–water partition coefficient (Wildman–Crippen LogP) is -0.0544. The first kappa shape index (κ1) is 12.2. The fraction of sp³-hybridized carbons (Fsp3) is 0.714. The zero-order valence-corrected chi connectivity index (χ0v) is 7.71.